The SMILES string of the molecule is CC(N)CNC(=O)c1cccc(C#N)c1. The van der Waals surface area contributed by atoms with E-state index in [0.29, 0.717) is 17.7 Å². The molecule has 4 heteroatoms. The van der Waals surface area contributed by atoms with Crippen LogP contribution in [0.15, 0.2) is 24.3 Å². The summed E-state index contributed by atoms with van der Waals surface area (Å²) in [5.74, 6) is -0.204. The van der Waals surface area contributed by atoms with Gasteiger partial charge in [0.25, 0.3) is 5.91 Å². The van der Waals surface area contributed by atoms with Crippen molar-refractivity contribution in [2.45, 2.75) is 13.0 Å². The number of carbonyl (C=O) groups excluding carboxylic acids is 1. The topological polar surface area (TPSA) is 78.9 Å². The molecule has 15 heavy (non-hydrogen) atoms. The van der Waals surface area contributed by atoms with E-state index in [-0.39, 0.29) is 11.9 Å². The summed E-state index contributed by atoms with van der Waals surface area (Å²) in [5, 5.41) is 11.3. The highest BCUT2D eigenvalue weighted by Gasteiger charge is 2.05. The van der Waals surface area contributed by atoms with Crippen molar-refractivity contribution in [3.63, 3.8) is 0 Å². The molecule has 0 aromatic heterocycles. The molecule has 0 aliphatic heterocycles. The van der Waals surface area contributed by atoms with Gasteiger partial charge in [-0.2, -0.15) is 5.26 Å². The van der Waals surface area contributed by atoms with Crippen molar-refractivity contribution < 1.29 is 4.79 Å². The second kappa shape index (κ2) is 5.13. The van der Waals surface area contributed by atoms with Gasteiger partial charge in [0.2, 0.25) is 0 Å². The van der Waals surface area contributed by atoms with Gasteiger partial charge in [-0.25, -0.2) is 0 Å². The molecule has 1 amide bonds. The van der Waals surface area contributed by atoms with E-state index in [4.69, 9.17) is 11.0 Å². The fourth-order valence-corrected chi connectivity index (χ4v) is 1.09. The summed E-state index contributed by atoms with van der Waals surface area (Å²) >= 11 is 0. The molecule has 4 nitrogen and oxygen atoms in total. The number of amides is 1. The van der Waals surface area contributed by atoms with Gasteiger partial charge in [-0.05, 0) is 25.1 Å². The van der Waals surface area contributed by atoms with Crippen molar-refractivity contribution in [1.29, 1.82) is 5.26 Å². The summed E-state index contributed by atoms with van der Waals surface area (Å²) in [6.45, 7) is 2.24. The average Bonchev–Trinajstić information content (AvgIpc) is 2.26. The molecule has 1 aromatic rings. The Kier molecular flexibility index (Phi) is 3.83. The Morgan fingerprint density at radius 2 is 2.40 bits per heavy atom. The van der Waals surface area contributed by atoms with Crippen LogP contribution in [-0.2, 0) is 0 Å². The van der Waals surface area contributed by atoms with Gasteiger partial charge in [0.05, 0.1) is 11.6 Å². The minimum atomic E-state index is -0.204. The highest BCUT2D eigenvalue weighted by atomic mass is 16.1. The minimum absolute atomic E-state index is 0.0758. The summed E-state index contributed by atoms with van der Waals surface area (Å²) in [5.41, 5.74) is 6.46. The highest BCUT2D eigenvalue weighted by molar-refractivity contribution is 5.94. The number of rotatable bonds is 3. The fourth-order valence-electron chi connectivity index (χ4n) is 1.09. The molecular weight excluding hydrogens is 190 g/mol. The first-order valence-electron chi connectivity index (χ1n) is 4.67. The summed E-state index contributed by atoms with van der Waals surface area (Å²) in [4.78, 5) is 11.5. The van der Waals surface area contributed by atoms with Gasteiger partial charge >= 0.3 is 0 Å². The Morgan fingerprint density at radius 1 is 1.67 bits per heavy atom. The standard InChI is InChI=1S/C11H13N3O/c1-8(13)7-14-11(15)10-4-2-3-9(5-10)6-12/h2-5,8H,7,13H2,1H3,(H,14,15). The number of carbonyl (C=O) groups is 1. The molecular formula is C11H13N3O. The van der Waals surface area contributed by atoms with Gasteiger partial charge in [0.15, 0.2) is 0 Å². The maximum Gasteiger partial charge on any atom is 0.251 e. The van der Waals surface area contributed by atoms with Crippen LogP contribution in [0.25, 0.3) is 0 Å². The molecule has 0 aliphatic carbocycles. The second-order valence-corrected chi connectivity index (χ2v) is 3.38. The monoisotopic (exact) mass is 203 g/mol. The second-order valence-electron chi connectivity index (χ2n) is 3.38. The first-order valence-corrected chi connectivity index (χ1v) is 4.67. The van der Waals surface area contributed by atoms with Crippen LogP contribution in [0.1, 0.15) is 22.8 Å². The largest absolute Gasteiger partial charge is 0.350 e. The highest BCUT2D eigenvalue weighted by Crippen LogP contribution is 2.03. The molecule has 0 bridgehead atoms. The number of benzene rings is 1. The molecule has 0 aliphatic rings. The third-order valence-corrected chi connectivity index (χ3v) is 1.84. The molecule has 1 rings (SSSR count). The Hall–Kier alpha value is -1.86. The molecule has 0 fully saturated rings. The summed E-state index contributed by atoms with van der Waals surface area (Å²) in [6.07, 6.45) is 0. The molecule has 0 spiro atoms. The molecule has 0 radical (unpaired) electrons. The predicted octanol–water partition coefficient (Wildman–Crippen LogP) is 0.635. The van der Waals surface area contributed by atoms with Crippen LogP contribution in [-0.4, -0.2) is 18.5 Å². The zero-order chi connectivity index (χ0) is 11.3. The number of nitrogens with two attached hydrogens (primary N) is 1. The van der Waals surface area contributed by atoms with E-state index in [1.165, 1.54) is 0 Å². The summed E-state index contributed by atoms with van der Waals surface area (Å²) in [7, 11) is 0. The predicted molar refractivity (Wildman–Crippen MR) is 57.1 cm³/mol. The lowest BCUT2D eigenvalue weighted by Crippen LogP contribution is -2.35. The van der Waals surface area contributed by atoms with E-state index < -0.39 is 0 Å². The van der Waals surface area contributed by atoms with Crippen molar-refractivity contribution in [3.8, 4) is 6.07 Å². The first-order chi connectivity index (χ1) is 7.13. The van der Waals surface area contributed by atoms with Crippen molar-refractivity contribution in [2.24, 2.45) is 5.73 Å². The third-order valence-electron chi connectivity index (χ3n) is 1.84. The lowest BCUT2D eigenvalue weighted by molar-refractivity contribution is 0.0951. The van der Waals surface area contributed by atoms with Crippen LogP contribution in [0.4, 0.5) is 0 Å². The first kappa shape index (κ1) is 11.2. The molecule has 1 atom stereocenters. The van der Waals surface area contributed by atoms with E-state index in [2.05, 4.69) is 5.32 Å². The number of hydrogen-bond donors (Lipinski definition) is 2. The Balaban J connectivity index is 2.70. The average molecular weight is 203 g/mol. The van der Waals surface area contributed by atoms with Gasteiger partial charge in [-0.1, -0.05) is 6.07 Å². The maximum absolute atomic E-state index is 11.5. The lowest BCUT2D eigenvalue weighted by atomic mass is 10.1. The summed E-state index contributed by atoms with van der Waals surface area (Å²) in [6, 6.07) is 8.46. The van der Waals surface area contributed by atoms with Crippen LogP contribution in [0.2, 0.25) is 0 Å². The lowest BCUT2D eigenvalue weighted by Gasteiger charge is -2.07. The van der Waals surface area contributed by atoms with Crippen molar-refractivity contribution in [1.82, 2.24) is 5.32 Å². The van der Waals surface area contributed by atoms with Crippen molar-refractivity contribution in [3.05, 3.63) is 35.4 Å². The van der Waals surface area contributed by atoms with E-state index >= 15 is 0 Å². The number of nitrogens with zero attached hydrogens (tertiary/aromatic N) is 1. The molecule has 1 unspecified atom stereocenters. The third kappa shape index (κ3) is 3.41. The molecule has 3 N–H and O–H groups in total. The Bertz CT molecular complexity index is 393. The molecule has 78 valence electrons. The van der Waals surface area contributed by atoms with Crippen molar-refractivity contribution >= 4 is 5.91 Å². The zero-order valence-corrected chi connectivity index (χ0v) is 8.53. The van der Waals surface area contributed by atoms with E-state index in [9.17, 15) is 4.79 Å². The van der Waals surface area contributed by atoms with E-state index in [1.807, 2.05) is 13.0 Å². The quantitative estimate of drug-likeness (QED) is 0.756. The molecule has 1 aromatic carbocycles. The fraction of sp³-hybridized carbons (Fsp3) is 0.273. The Labute approximate surface area is 88.7 Å². The molecule has 0 saturated heterocycles. The van der Waals surface area contributed by atoms with Crippen molar-refractivity contribution in [2.75, 3.05) is 6.54 Å². The number of hydrogen-bond acceptors (Lipinski definition) is 3. The van der Waals surface area contributed by atoms with Gasteiger partial charge in [0.1, 0.15) is 0 Å². The normalized spacial score (nSPS) is 11.5. The molecule has 0 saturated carbocycles. The van der Waals surface area contributed by atoms with Crippen LogP contribution >= 0.6 is 0 Å². The minimum Gasteiger partial charge on any atom is -0.350 e. The smallest absolute Gasteiger partial charge is 0.251 e. The van der Waals surface area contributed by atoms with Gasteiger partial charge in [-0.15, -0.1) is 0 Å². The molecule has 0 heterocycles. The van der Waals surface area contributed by atoms with Gasteiger partial charge in [0, 0.05) is 18.2 Å². The number of nitriles is 1. The summed E-state index contributed by atoms with van der Waals surface area (Å²) < 4.78 is 0. The van der Waals surface area contributed by atoms with E-state index in [0.717, 1.165) is 0 Å². The van der Waals surface area contributed by atoms with Crippen LogP contribution in [0.3, 0.4) is 0 Å². The van der Waals surface area contributed by atoms with Crippen LogP contribution in [0.5, 0.6) is 0 Å². The zero-order valence-electron chi connectivity index (χ0n) is 8.53. The Morgan fingerprint density at radius 3 is 3.00 bits per heavy atom. The van der Waals surface area contributed by atoms with Gasteiger partial charge < -0.3 is 11.1 Å². The number of nitrogens with one attached hydrogen (secondary N) is 1. The van der Waals surface area contributed by atoms with E-state index in [1.54, 1.807) is 24.3 Å². The van der Waals surface area contributed by atoms with Crippen LogP contribution in [0, 0.1) is 11.3 Å². The maximum atomic E-state index is 11.5. The van der Waals surface area contributed by atoms with Gasteiger partial charge in [-0.3, -0.25) is 4.79 Å². The van der Waals surface area contributed by atoms with Crippen LogP contribution < -0.4 is 11.1 Å².